The van der Waals surface area contributed by atoms with Crippen molar-refractivity contribution in [2.45, 2.75) is 26.4 Å². The Morgan fingerprint density at radius 1 is 1.38 bits per heavy atom. The number of hydrogen-bond acceptors (Lipinski definition) is 6. The second-order valence-electron chi connectivity index (χ2n) is 4.63. The maximum absolute atomic E-state index is 12.2. The summed E-state index contributed by atoms with van der Waals surface area (Å²) in [5.41, 5.74) is 5.97. The van der Waals surface area contributed by atoms with E-state index in [0.29, 0.717) is 18.8 Å². The molecule has 0 atom stereocenters. The average molecular weight is 290 g/mol. The third-order valence-corrected chi connectivity index (χ3v) is 3.10. The average Bonchev–Trinajstić information content (AvgIpc) is 2.50. The Morgan fingerprint density at radius 3 is 2.76 bits per heavy atom. The summed E-state index contributed by atoms with van der Waals surface area (Å²) in [7, 11) is 1.43. The molecule has 0 aliphatic rings. The number of aromatic nitrogens is 4. The second kappa shape index (κ2) is 6.21. The van der Waals surface area contributed by atoms with Gasteiger partial charge in [-0.3, -0.25) is 13.9 Å². The third kappa shape index (κ3) is 2.93. The van der Waals surface area contributed by atoms with E-state index in [0.717, 1.165) is 11.0 Å². The van der Waals surface area contributed by atoms with Crippen LogP contribution in [0.15, 0.2) is 27.9 Å². The van der Waals surface area contributed by atoms with Crippen molar-refractivity contribution in [1.29, 1.82) is 0 Å². The van der Waals surface area contributed by atoms with Crippen molar-refractivity contribution in [3.8, 4) is 0 Å². The van der Waals surface area contributed by atoms with Crippen molar-refractivity contribution in [3.05, 3.63) is 44.9 Å². The molecule has 0 fully saturated rings. The number of nitrogens with two attached hydrogens (primary N) is 1. The first-order valence-electron chi connectivity index (χ1n) is 6.66. The van der Waals surface area contributed by atoms with Gasteiger partial charge in [0.05, 0.1) is 12.2 Å². The van der Waals surface area contributed by atoms with Gasteiger partial charge in [-0.25, -0.2) is 4.79 Å². The molecule has 0 saturated heterocycles. The Morgan fingerprint density at radius 2 is 2.14 bits per heavy atom. The Hall–Kier alpha value is -2.64. The number of nitrogens with one attached hydrogen (secondary N) is 1. The van der Waals surface area contributed by atoms with Crippen molar-refractivity contribution in [2.75, 3.05) is 11.1 Å². The third-order valence-electron chi connectivity index (χ3n) is 3.10. The minimum atomic E-state index is -0.450. The first-order chi connectivity index (χ1) is 10.1. The zero-order chi connectivity index (χ0) is 15.4. The van der Waals surface area contributed by atoms with Crippen LogP contribution < -0.4 is 22.3 Å². The van der Waals surface area contributed by atoms with Gasteiger partial charge in [0, 0.05) is 19.8 Å². The molecule has 0 bridgehead atoms. The lowest BCUT2D eigenvalue weighted by atomic mass is 10.3. The van der Waals surface area contributed by atoms with Crippen molar-refractivity contribution in [1.82, 2.24) is 19.3 Å². The smallest absolute Gasteiger partial charge is 0.332 e. The van der Waals surface area contributed by atoms with Gasteiger partial charge >= 0.3 is 5.69 Å². The quantitative estimate of drug-likeness (QED) is 0.798. The molecule has 112 valence electrons. The molecule has 0 amide bonds. The Bertz CT molecular complexity index is 735. The molecule has 2 aromatic heterocycles. The zero-order valence-corrected chi connectivity index (χ0v) is 12.0. The highest BCUT2D eigenvalue weighted by Crippen LogP contribution is 2.12. The lowest BCUT2D eigenvalue weighted by Gasteiger charge is -2.15. The van der Waals surface area contributed by atoms with Crippen LogP contribution in [-0.2, 0) is 20.1 Å². The first-order valence-corrected chi connectivity index (χ1v) is 6.66. The van der Waals surface area contributed by atoms with Crippen LogP contribution in [0.5, 0.6) is 0 Å². The summed E-state index contributed by atoms with van der Waals surface area (Å²) in [4.78, 5) is 24.2. The van der Waals surface area contributed by atoms with E-state index in [9.17, 15) is 9.59 Å². The summed E-state index contributed by atoms with van der Waals surface area (Å²) >= 11 is 0. The zero-order valence-electron chi connectivity index (χ0n) is 12.0. The summed E-state index contributed by atoms with van der Waals surface area (Å²) < 4.78 is 2.44. The number of nitrogens with zero attached hydrogens (tertiary/aromatic N) is 4. The van der Waals surface area contributed by atoms with Crippen LogP contribution in [0.4, 0.5) is 11.5 Å². The SMILES string of the molecule is CCCn1c(N)c(NCc2cccnn2)c(=O)n(C)c1=O. The molecule has 0 unspecified atom stereocenters. The minimum absolute atomic E-state index is 0.147. The van der Waals surface area contributed by atoms with E-state index in [-0.39, 0.29) is 11.5 Å². The fourth-order valence-electron chi connectivity index (χ4n) is 2.00. The molecule has 2 heterocycles. The highest BCUT2D eigenvalue weighted by molar-refractivity contribution is 5.60. The predicted octanol–water partition coefficient (Wildman–Crippen LogP) is -0.0587. The van der Waals surface area contributed by atoms with Gasteiger partial charge in [-0.05, 0) is 18.6 Å². The molecule has 3 N–H and O–H groups in total. The number of nitrogen functional groups attached to an aromatic ring is 1. The maximum Gasteiger partial charge on any atom is 0.332 e. The van der Waals surface area contributed by atoms with Gasteiger partial charge in [0.25, 0.3) is 5.56 Å². The lowest BCUT2D eigenvalue weighted by molar-refractivity contribution is 0.600. The molecular weight excluding hydrogens is 272 g/mol. The topological polar surface area (TPSA) is 108 Å². The Labute approximate surface area is 121 Å². The summed E-state index contributed by atoms with van der Waals surface area (Å²) in [6.45, 7) is 2.69. The van der Waals surface area contributed by atoms with Crippen LogP contribution in [0.3, 0.4) is 0 Å². The van der Waals surface area contributed by atoms with Crippen LogP contribution >= 0.6 is 0 Å². The van der Waals surface area contributed by atoms with Gasteiger partial charge in [0.15, 0.2) is 0 Å². The van der Waals surface area contributed by atoms with Gasteiger partial charge in [-0.15, -0.1) is 0 Å². The first kappa shape index (κ1) is 14.8. The highest BCUT2D eigenvalue weighted by atomic mass is 16.2. The standard InChI is InChI=1S/C13H18N6O2/c1-3-7-19-11(14)10(12(20)18(2)13(19)21)15-8-9-5-4-6-16-17-9/h4-6,15H,3,7-8,14H2,1-2H3. The van der Waals surface area contributed by atoms with Gasteiger partial charge in [0.2, 0.25) is 0 Å². The maximum atomic E-state index is 12.2. The molecule has 0 aromatic carbocycles. The van der Waals surface area contributed by atoms with Crippen LogP contribution in [0.25, 0.3) is 0 Å². The lowest BCUT2D eigenvalue weighted by Crippen LogP contribution is -2.40. The molecule has 0 aliphatic carbocycles. The summed E-state index contributed by atoms with van der Waals surface area (Å²) in [5, 5.41) is 10.6. The fourth-order valence-corrected chi connectivity index (χ4v) is 2.00. The van der Waals surface area contributed by atoms with E-state index in [1.165, 1.54) is 11.6 Å². The van der Waals surface area contributed by atoms with E-state index in [2.05, 4.69) is 15.5 Å². The predicted molar refractivity (Wildman–Crippen MR) is 80.0 cm³/mol. The molecule has 21 heavy (non-hydrogen) atoms. The number of rotatable bonds is 5. The number of anilines is 2. The van der Waals surface area contributed by atoms with Crippen molar-refractivity contribution >= 4 is 11.5 Å². The molecule has 8 nitrogen and oxygen atoms in total. The molecule has 2 aromatic rings. The van der Waals surface area contributed by atoms with E-state index < -0.39 is 11.2 Å². The Balaban J connectivity index is 2.39. The highest BCUT2D eigenvalue weighted by Gasteiger charge is 2.14. The van der Waals surface area contributed by atoms with Crippen LogP contribution in [0, 0.1) is 0 Å². The molecule has 8 heteroatoms. The van der Waals surface area contributed by atoms with Crippen molar-refractivity contribution in [3.63, 3.8) is 0 Å². The van der Waals surface area contributed by atoms with Gasteiger partial charge in [0.1, 0.15) is 11.5 Å². The van der Waals surface area contributed by atoms with Crippen molar-refractivity contribution in [2.24, 2.45) is 7.05 Å². The molecule has 2 rings (SSSR count). The second-order valence-corrected chi connectivity index (χ2v) is 4.63. The van der Waals surface area contributed by atoms with Gasteiger partial charge in [-0.2, -0.15) is 10.2 Å². The van der Waals surface area contributed by atoms with E-state index >= 15 is 0 Å². The van der Waals surface area contributed by atoms with Gasteiger partial charge < -0.3 is 11.1 Å². The summed E-state index contributed by atoms with van der Waals surface area (Å²) in [5.74, 6) is 0.147. The van der Waals surface area contributed by atoms with Crippen LogP contribution in [-0.4, -0.2) is 19.3 Å². The van der Waals surface area contributed by atoms with Crippen LogP contribution in [0.2, 0.25) is 0 Å². The van der Waals surface area contributed by atoms with E-state index in [1.54, 1.807) is 18.3 Å². The molecular formula is C13H18N6O2. The van der Waals surface area contributed by atoms with E-state index in [1.807, 2.05) is 6.92 Å². The molecule has 0 saturated carbocycles. The van der Waals surface area contributed by atoms with Gasteiger partial charge in [-0.1, -0.05) is 6.92 Å². The largest absolute Gasteiger partial charge is 0.383 e. The normalized spacial score (nSPS) is 10.6. The minimum Gasteiger partial charge on any atom is -0.383 e. The number of hydrogen-bond donors (Lipinski definition) is 2. The monoisotopic (exact) mass is 290 g/mol. The van der Waals surface area contributed by atoms with Crippen molar-refractivity contribution < 1.29 is 0 Å². The molecule has 0 aliphatic heterocycles. The van der Waals surface area contributed by atoms with Crippen LogP contribution in [0.1, 0.15) is 19.0 Å². The Kier molecular flexibility index (Phi) is 4.36. The molecule has 0 spiro atoms. The summed E-state index contributed by atoms with van der Waals surface area (Å²) in [6, 6.07) is 3.53. The van der Waals surface area contributed by atoms with E-state index in [4.69, 9.17) is 5.73 Å². The fraction of sp³-hybridized carbons (Fsp3) is 0.385. The summed E-state index contributed by atoms with van der Waals surface area (Å²) in [6.07, 6.45) is 2.31. The molecule has 0 radical (unpaired) electrons.